The number of hydrogen-bond donors (Lipinski definition) is 2. The van der Waals surface area contributed by atoms with Gasteiger partial charge in [0.05, 0.1) is 12.7 Å². The van der Waals surface area contributed by atoms with Gasteiger partial charge in [-0.1, -0.05) is 15.9 Å². The van der Waals surface area contributed by atoms with Crippen LogP contribution in [0.2, 0.25) is 0 Å². The maximum atomic E-state index is 12.9. The van der Waals surface area contributed by atoms with Crippen LogP contribution in [0.5, 0.6) is 5.88 Å². The van der Waals surface area contributed by atoms with Crippen LogP contribution in [-0.2, 0) is 42.1 Å². The molecule has 1 aromatic heterocycles. The van der Waals surface area contributed by atoms with Crippen LogP contribution in [0.25, 0.3) is 0 Å². The van der Waals surface area contributed by atoms with Crippen molar-refractivity contribution in [1.82, 2.24) is 9.78 Å². The largest absolute Gasteiger partial charge is 0.472 e. The lowest BCUT2D eigenvalue weighted by Crippen LogP contribution is -2.25. The molecule has 0 saturated carbocycles. The van der Waals surface area contributed by atoms with Crippen molar-refractivity contribution in [3.05, 3.63) is 32.9 Å². The highest BCUT2D eigenvalue weighted by molar-refractivity contribution is 9.10. The number of ether oxygens (including phenoxy) is 1. The summed E-state index contributed by atoms with van der Waals surface area (Å²) in [6.45, 7) is 2.43. The van der Waals surface area contributed by atoms with Crippen molar-refractivity contribution in [2.45, 2.75) is 50.2 Å². The van der Waals surface area contributed by atoms with E-state index in [4.69, 9.17) is 9.88 Å². The van der Waals surface area contributed by atoms with Crippen LogP contribution in [0.15, 0.2) is 19.9 Å². The van der Waals surface area contributed by atoms with Gasteiger partial charge >= 0.3 is 6.03 Å². The number of carbonyl (C=O) groups excluding carboxylic acids is 1. The SMILES string of the molecule is C[C@@H]1Cn2ncc(S(N)(=O)=NC(=O)Nc3c4c(c(Br)c5c3CC5)CC4)c2O1. The molecule has 8 nitrogen and oxygen atoms in total. The smallest absolute Gasteiger partial charge is 0.354 e. The van der Waals surface area contributed by atoms with E-state index in [2.05, 4.69) is 30.7 Å². The second kappa shape index (κ2) is 5.79. The second-order valence-electron chi connectivity index (χ2n) is 7.12. The normalized spacial score (nSPS) is 20.9. The zero-order chi connectivity index (χ0) is 18.9. The molecule has 10 heteroatoms. The summed E-state index contributed by atoms with van der Waals surface area (Å²) in [5.74, 6) is 0.323. The maximum absolute atomic E-state index is 12.9. The molecule has 3 aliphatic rings. The van der Waals surface area contributed by atoms with Crippen molar-refractivity contribution >= 4 is 37.6 Å². The van der Waals surface area contributed by atoms with E-state index in [9.17, 15) is 9.00 Å². The molecule has 2 aromatic rings. The van der Waals surface area contributed by atoms with Gasteiger partial charge in [0.1, 0.15) is 11.0 Å². The Hall–Kier alpha value is -1.91. The minimum atomic E-state index is -3.46. The van der Waals surface area contributed by atoms with Crippen LogP contribution < -0.4 is 15.2 Å². The zero-order valence-corrected chi connectivity index (χ0v) is 17.0. The fraction of sp³-hybridized carbons (Fsp3) is 0.412. The summed E-state index contributed by atoms with van der Waals surface area (Å²) in [5.41, 5.74) is 5.57. The Morgan fingerprint density at radius 3 is 2.56 bits per heavy atom. The van der Waals surface area contributed by atoms with Gasteiger partial charge < -0.3 is 10.1 Å². The average molecular weight is 452 g/mol. The van der Waals surface area contributed by atoms with E-state index in [1.165, 1.54) is 21.8 Å². The number of rotatable bonds is 2. The lowest BCUT2D eigenvalue weighted by Gasteiger charge is -2.33. The Bertz CT molecular complexity index is 1100. The van der Waals surface area contributed by atoms with Gasteiger partial charge in [-0.15, -0.1) is 4.36 Å². The highest BCUT2D eigenvalue weighted by Crippen LogP contribution is 2.46. The van der Waals surface area contributed by atoms with Gasteiger partial charge in [0.25, 0.3) is 0 Å². The molecule has 2 aliphatic carbocycles. The van der Waals surface area contributed by atoms with Crippen LogP contribution in [-0.4, -0.2) is 26.1 Å². The van der Waals surface area contributed by atoms with Crippen molar-refractivity contribution in [3.63, 3.8) is 0 Å². The molecule has 0 saturated heterocycles. The molecule has 2 atom stereocenters. The van der Waals surface area contributed by atoms with E-state index in [-0.39, 0.29) is 11.0 Å². The minimum absolute atomic E-state index is 0.0862. The van der Waals surface area contributed by atoms with Crippen molar-refractivity contribution < 1.29 is 13.7 Å². The van der Waals surface area contributed by atoms with Gasteiger partial charge in [0.15, 0.2) is 9.92 Å². The summed E-state index contributed by atoms with van der Waals surface area (Å²) in [5, 5.41) is 12.9. The molecule has 2 amide bonds. The van der Waals surface area contributed by atoms with Crippen LogP contribution in [0, 0.1) is 0 Å². The van der Waals surface area contributed by atoms with Crippen LogP contribution in [0.4, 0.5) is 10.5 Å². The Balaban J connectivity index is 1.47. The number of hydrogen-bond acceptors (Lipinski definition) is 4. The molecular weight excluding hydrogens is 434 g/mol. The highest BCUT2D eigenvalue weighted by Gasteiger charge is 2.32. The molecule has 3 N–H and O–H groups in total. The van der Waals surface area contributed by atoms with E-state index < -0.39 is 15.9 Å². The summed E-state index contributed by atoms with van der Waals surface area (Å²) in [6, 6.07) is -0.709. The van der Waals surface area contributed by atoms with Gasteiger partial charge in [-0.2, -0.15) is 5.10 Å². The number of halogens is 1. The van der Waals surface area contributed by atoms with Gasteiger partial charge in [-0.05, 0) is 54.9 Å². The lowest BCUT2D eigenvalue weighted by molar-refractivity contribution is 0.248. The quantitative estimate of drug-likeness (QED) is 0.730. The third kappa shape index (κ3) is 2.54. The molecular formula is C17H18BrN5O3S. The van der Waals surface area contributed by atoms with Crippen molar-refractivity contribution in [3.8, 4) is 5.88 Å². The van der Waals surface area contributed by atoms with Gasteiger partial charge in [-0.3, -0.25) is 0 Å². The van der Waals surface area contributed by atoms with Gasteiger partial charge in [-0.25, -0.2) is 18.8 Å². The molecule has 0 bridgehead atoms. The first-order valence-corrected chi connectivity index (χ1v) is 11.2. The number of nitrogens with two attached hydrogens (primary N) is 1. The first-order chi connectivity index (χ1) is 12.8. The van der Waals surface area contributed by atoms with Crippen LogP contribution in [0.1, 0.15) is 29.2 Å². The van der Waals surface area contributed by atoms with Crippen molar-refractivity contribution in [2.75, 3.05) is 5.32 Å². The predicted octanol–water partition coefficient (Wildman–Crippen LogP) is 2.56. The number of fused-ring (bicyclic) bond motifs is 3. The highest BCUT2D eigenvalue weighted by atomic mass is 79.9. The Morgan fingerprint density at radius 1 is 1.33 bits per heavy atom. The number of nitrogens with one attached hydrogen (secondary N) is 1. The molecule has 1 aliphatic heterocycles. The number of aromatic nitrogens is 2. The van der Waals surface area contributed by atoms with E-state index >= 15 is 0 Å². The first-order valence-electron chi connectivity index (χ1n) is 8.78. The Labute approximate surface area is 164 Å². The Kier molecular flexibility index (Phi) is 3.69. The van der Waals surface area contributed by atoms with Crippen molar-refractivity contribution in [1.29, 1.82) is 0 Å². The predicted molar refractivity (Wildman–Crippen MR) is 103 cm³/mol. The molecule has 5 rings (SSSR count). The first kappa shape index (κ1) is 17.2. The van der Waals surface area contributed by atoms with Gasteiger partial charge in [0.2, 0.25) is 5.88 Å². The molecule has 0 radical (unpaired) electrons. The van der Waals surface area contributed by atoms with E-state index in [0.717, 1.165) is 42.5 Å². The summed E-state index contributed by atoms with van der Waals surface area (Å²) >= 11 is 3.67. The molecule has 1 aromatic carbocycles. The topological polar surface area (TPSA) is 112 Å². The molecule has 142 valence electrons. The van der Waals surface area contributed by atoms with Crippen LogP contribution >= 0.6 is 15.9 Å². The summed E-state index contributed by atoms with van der Waals surface area (Å²) in [6.07, 6.45) is 5.09. The number of benzene rings is 1. The summed E-state index contributed by atoms with van der Waals surface area (Å²) in [4.78, 5) is 12.7. The number of anilines is 1. The zero-order valence-electron chi connectivity index (χ0n) is 14.6. The standard InChI is InChI=1S/C17H18BrN5O3S/c1-8-7-23-16(26-8)13(6-20-23)27(19,25)22-17(24)21-15-11-4-2-9(11)14(18)10-3-5-12(10)15/h6,8H,2-5,7H2,1H3,(H3,19,21,22,24,25)/t8-,27?/m1/s1. The second-order valence-corrected chi connectivity index (χ2v) is 9.67. The molecule has 2 heterocycles. The van der Waals surface area contributed by atoms with E-state index in [1.54, 1.807) is 4.68 Å². The fourth-order valence-corrected chi connectivity index (χ4v) is 5.75. The number of nitrogens with zero attached hydrogens (tertiary/aromatic N) is 3. The minimum Gasteiger partial charge on any atom is -0.472 e. The average Bonchev–Trinajstić information content (AvgIpc) is 3.01. The molecule has 1 unspecified atom stereocenters. The van der Waals surface area contributed by atoms with E-state index in [1.807, 2.05) is 6.92 Å². The molecule has 27 heavy (non-hydrogen) atoms. The Morgan fingerprint density at radius 2 is 1.96 bits per heavy atom. The van der Waals surface area contributed by atoms with Crippen LogP contribution in [0.3, 0.4) is 0 Å². The molecule has 0 fully saturated rings. The monoisotopic (exact) mass is 451 g/mol. The third-order valence-electron chi connectivity index (χ3n) is 5.38. The third-order valence-corrected chi connectivity index (χ3v) is 7.68. The van der Waals surface area contributed by atoms with Crippen molar-refractivity contribution in [2.24, 2.45) is 9.50 Å². The fourth-order valence-electron chi connectivity index (χ4n) is 3.88. The summed E-state index contributed by atoms with van der Waals surface area (Å²) in [7, 11) is -3.46. The van der Waals surface area contributed by atoms with E-state index in [0.29, 0.717) is 12.4 Å². The summed E-state index contributed by atoms with van der Waals surface area (Å²) < 4.78 is 25.0. The molecule has 0 spiro atoms. The van der Waals surface area contributed by atoms with Gasteiger partial charge in [0, 0.05) is 10.2 Å². The maximum Gasteiger partial charge on any atom is 0.354 e. The lowest BCUT2D eigenvalue weighted by atomic mass is 9.76. The number of urea groups is 1. The number of amides is 2. The number of carbonyl (C=O) groups is 1.